The van der Waals surface area contributed by atoms with Crippen molar-refractivity contribution in [2.45, 2.75) is 13.3 Å². The molecule has 2 rings (SSSR count). The molecule has 0 spiro atoms. The van der Waals surface area contributed by atoms with Gasteiger partial charge < -0.3 is 10.1 Å². The Morgan fingerprint density at radius 2 is 2.19 bits per heavy atom. The Kier molecular flexibility index (Phi) is 5.42. The minimum Gasteiger partial charge on any atom is -0.494 e. The zero-order valence-corrected chi connectivity index (χ0v) is 12.5. The lowest BCUT2D eigenvalue weighted by atomic mass is 10.2. The summed E-state index contributed by atoms with van der Waals surface area (Å²) >= 11 is 5.83. The number of aromatic nitrogens is 1. The smallest absolute Gasteiger partial charge is 0.161 e. The van der Waals surface area contributed by atoms with E-state index in [0.29, 0.717) is 24.0 Å². The van der Waals surface area contributed by atoms with Crippen LogP contribution in [-0.2, 0) is 0 Å². The highest BCUT2D eigenvalue weighted by molar-refractivity contribution is 6.31. The van der Waals surface area contributed by atoms with Crippen molar-refractivity contribution < 1.29 is 4.74 Å². The predicted octanol–water partition coefficient (Wildman–Crippen LogP) is 3.80. The molecule has 21 heavy (non-hydrogen) atoms. The first-order chi connectivity index (χ1) is 10.2. The van der Waals surface area contributed by atoms with Gasteiger partial charge >= 0.3 is 0 Å². The number of pyridine rings is 1. The van der Waals surface area contributed by atoms with Crippen molar-refractivity contribution >= 4 is 17.4 Å². The van der Waals surface area contributed by atoms with Crippen LogP contribution in [-0.4, -0.2) is 18.1 Å². The molecule has 0 aliphatic carbocycles. The molecule has 1 heterocycles. The van der Waals surface area contributed by atoms with Crippen LogP contribution >= 0.6 is 11.6 Å². The van der Waals surface area contributed by atoms with Crippen LogP contribution in [0.5, 0.6) is 5.75 Å². The van der Waals surface area contributed by atoms with E-state index in [1.165, 1.54) is 5.56 Å². The molecule has 4 nitrogen and oxygen atoms in total. The highest BCUT2D eigenvalue weighted by Gasteiger charge is 2.02. The minimum atomic E-state index is 0.234. The standard InChI is InChI=1S/C16H16ClN3O/c1-12-4-2-5-13(10-12)21-9-3-8-19-16-7-6-14(17)15(11-18)20-16/h2,4-7,10H,3,8-9H2,1H3,(H,19,20). The van der Waals surface area contributed by atoms with Crippen molar-refractivity contribution in [3.05, 3.63) is 52.7 Å². The molecule has 0 fully saturated rings. The lowest BCUT2D eigenvalue weighted by Crippen LogP contribution is -2.08. The summed E-state index contributed by atoms with van der Waals surface area (Å²) in [5.41, 5.74) is 1.41. The molecule has 0 amide bonds. The molecule has 0 aliphatic rings. The van der Waals surface area contributed by atoms with E-state index in [1.54, 1.807) is 12.1 Å². The van der Waals surface area contributed by atoms with E-state index >= 15 is 0 Å². The second-order valence-electron chi connectivity index (χ2n) is 4.58. The number of benzene rings is 1. The van der Waals surface area contributed by atoms with Gasteiger partial charge in [0.05, 0.1) is 11.6 Å². The van der Waals surface area contributed by atoms with Crippen molar-refractivity contribution in [2.24, 2.45) is 0 Å². The molecule has 108 valence electrons. The summed E-state index contributed by atoms with van der Waals surface area (Å²) in [4.78, 5) is 4.11. The fourth-order valence-electron chi connectivity index (χ4n) is 1.80. The Labute approximate surface area is 129 Å². The molecule has 0 saturated carbocycles. The quantitative estimate of drug-likeness (QED) is 0.825. The number of hydrogen-bond donors (Lipinski definition) is 1. The highest BCUT2D eigenvalue weighted by Crippen LogP contribution is 2.16. The Balaban J connectivity index is 1.74. The number of nitrogens with zero attached hydrogens (tertiary/aromatic N) is 2. The number of nitrogens with one attached hydrogen (secondary N) is 1. The van der Waals surface area contributed by atoms with E-state index < -0.39 is 0 Å². The normalized spacial score (nSPS) is 9.95. The Hall–Kier alpha value is -2.25. The van der Waals surface area contributed by atoms with Crippen LogP contribution in [0.15, 0.2) is 36.4 Å². The molecule has 1 aromatic heterocycles. The lowest BCUT2D eigenvalue weighted by molar-refractivity contribution is 0.315. The van der Waals surface area contributed by atoms with Gasteiger partial charge in [-0.15, -0.1) is 0 Å². The molecule has 0 atom stereocenters. The molecule has 2 aromatic rings. The van der Waals surface area contributed by atoms with Gasteiger partial charge in [-0.2, -0.15) is 5.26 Å². The predicted molar refractivity (Wildman–Crippen MR) is 83.7 cm³/mol. The van der Waals surface area contributed by atoms with Gasteiger partial charge in [0.1, 0.15) is 17.6 Å². The van der Waals surface area contributed by atoms with Gasteiger partial charge in [-0.1, -0.05) is 23.7 Å². The topological polar surface area (TPSA) is 57.9 Å². The number of nitriles is 1. The summed E-state index contributed by atoms with van der Waals surface area (Å²) in [6, 6.07) is 13.3. The Morgan fingerprint density at radius 3 is 2.95 bits per heavy atom. The van der Waals surface area contributed by atoms with Crippen molar-refractivity contribution in [3.63, 3.8) is 0 Å². The largest absolute Gasteiger partial charge is 0.494 e. The van der Waals surface area contributed by atoms with Gasteiger partial charge in [-0.3, -0.25) is 0 Å². The van der Waals surface area contributed by atoms with E-state index in [0.717, 1.165) is 12.2 Å². The second kappa shape index (κ2) is 7.51. The fraction of sp³-hybridized carbons (Fsp3) is 0.250. The van der Waals surface area contributed by atoms with Crippen molar-refractivity contribution in [1.82, 2.24) is 4.98 Å². The maximum Gasteiger partial charge on any atom is 0.161 e. The lowest BCUT2D eigenvalue weighted by Gasteiger charge is -2.08. The molecule has 0 aliphatic heterocycles. The molecule has 0 unspecified atom stereocenters. The van der Waals surface area contributed by atoms with Crippen molar-refractivity contribution in [1.29, 1.82) is 5.26 Å². The van der Waals surface area contributed by atoms with E-state index in [9.17, 15) is 0 Å². The van der Waals surface area contributed by atoms with Gasteiger partial charge in [0.15, 0.2) is 5.69 Å². The minimum absolute atomic E-state index is 0.234. The fourth-order valence-corrected chi connectivity index (χ4v) is 1.95. The summed E-state index contributed by atoms with van der Waals surface area (Å²) < 4.78 is 5.65. The second-order valence-corrected chi connectivity index (χ2v) is 4.99. The van der Waals surface area contributed by atoms with Crippen LogP contribution in [0.4, 0.5) is 5.82 Å². The summed E-state index contributed by atoms with van der Waals surface area (Å²) in [6.45, 7) is 3.37. The van der Waals surface area contributed by atoms with Crippen LogP contribution in [0.3, 0.4) is 0 Å². The maximum atomic E-state index is 8.86. The van der Waals surface area contributed by atoms with Crippen molar-refractivity contribution in [3.8, 4) is 11.8 Å². The molecule has 5 heteroatoms. The molecule has 1 aromatic carbocycles. The summed E-state index contributed by atoms with van der Waals surface area (Å²) in [5.74, 6) is 1.53. The monoisotopic (exact) mass is 301 g/mol. The molecular weight excluding hydrogens is 286 g/mol. The summed E-state index contributed by atoms with van der Waals surface area (Å²) in [6.07, 6.45) is 0.833. The first kappa shape index (κ1) is 15.1. The number of halogens is 1. The Bertz CT molecular complexity index is 652. The van der Waals surface area contributed by atoms with Gasteiger partial charge in [0.25, 0.3) is 0 Å². The van der Waals surface area contributed by atoms with E-state index in [1.807, 2.05) is 37.3 Å². The number of hydrogen-bond acceptors (Lipinski definition) is 4. The van der Waals surface area contributed by atoms with Crippen LogP contribution in [0, 0.1) is 18.3 Å². The molecule has 0 bridgehead atoms. The van der Waals surface area contributed by atoms with Crippen LogP contribution in [0.1, 0.15) is 17.7 Å². The van der Waals surface area contributed by atoms with Gasteiger partial charge in [0, 0.05) is 6.54 Å². The average Bonchev–Trinajstić information content (AvgIpc) is 2.48. The maximum absolute atomic E-state index is 8.86. The van der Waals surface area contributed by atoms with Gasteiger partial charge in [-0.25, -0.2) is 4.98 Å². The Morgan fingerprint density at radius 1 is 1.33 bits per heavy atom. The van der Waals surface area contributed by atoms with E-state index in [4.69, 9.17) is 21.6 Å². The van der Waals surface area contributed by atoms with E-state index in [2.05, 4.69) is 10.3 Å². The molecule has 1 N–H and O–H groups in total. The number of aryl methyl sites for hydroxylation is 1. The zero-order valence-electron chi connectivity index (χ0n) is 11.8. The zero-order chi connectivity index (χ0) is 15.1. The molecule has 0 saturated heterocycles. The molecule has 0 radical (unpaired) electrons. The third-order valence-corrected chi connectivity index (χ3v) is 3.14. The number of rotatable bonds is 6. The van der Waals surface area contributed by atoms with Gasteiger partial charge in [-0.05, 0) is 43.2 Å². The number of ether oxygens (including phenoxy) is 1. The van der Waals surface area contributed by atoms with E-state index in [-0.39, 0.29) is 5.69 Å². The SMILES string of the molecule is Cc1cccc(OCCCNc2ccc(Cl)c(C#N)n2)c1. The summed E-state index contributed by atoms with van der Waals surface area (Å²) in [7, 11) is 0. The van der Waals surface area contributed by atoms with Crippen LogP contribution in [0.25, 0.3) is 0 Å². The number of anilines is 1. The first-order valence-electron chi connectivity index (χ1n) is 6.69. The third-order valence-electron chi connectivity index (χ3n) is 2.84. The first-order valence-corrected chi connectivity index (χ1v) is 7.07. The van der Waals surface area contributed by atoms with Crippen LogP contribution < -0.4 is 10.1 Å². The van der Waals surface area contributed by atoms with Crippen molar-refractivity contribution in [2.75, 3.05) is 18.5 Å². The average molecular weight is 302 g/mol. The highest BCUT2D eigenvalue weighted by atomic mass is 35.5. The summed E-state index contributed by atoms with van der Waals surface area (Å²) in [5, 5.41) is 12.4. The van der Waals surface area contributed by atoms with Crippen LogP contribution in [0.2, 0.25) is 5.02 Å². The molecular formula is C16H16ClN3O. The third kappa shape index (κ3) is 4.66. The van der Waals surface area contributed by atoms with Gasteiger partial charge in [0.2, 0.25) is 0 Å².